The Bertz CT molecular complexity index is 1180. The Hall–Kier alpha value is -3.84. The Balaban J connectivity index is 1.61. The molecule has 0 aromatic heterocycles. The predicted octanol–water partition coefficient (Wildman–Crippen LogP) is 4.83. The van der Waals surface area contributed by atoms with Crippen molar-refractivity contribution in [3.63, 3.8) is 0 Å². The molecule has 0 saturated heterocycles. The summed E-state index contributed by atoms with van der Waals surface area (Å²) in [6, 6.07) is 20.8. The van der Waals surface area contributed by atoms with Gasteiger partial charge in [0, 0.05) is 16.1 Å². The fraction of sp³-hybridized carbons (Fsp3) is 0.222. The largest absolute Gasteiger partial charge is 0.493 e. The van der Waals surface area contributed by atoms with E-state index in [1.54, 1.807) is 49.6 Å². The first-order chi connectivity index (χ1) is 16.9. The number of benzene rings is 3. The molecule has 2 amide bonds. The van der Waals surface area contributed by atoms with Crippen molar-refractivity contribution in [3.8, 4) is 11.5 Å². The normalized spacial score (nSPS) is 11.8. The zero-order valence-corrected chi connectivity index (χ0v) is 20.6. The average Bonchev–Trinajstić information content (AvgIpc) is 2.87. The number of hydrazone groups is 1. The van der Waals surface area contributed by atoms with Gasteiger partial charge >= 0.3 is 0 Å². The first-order valence-electron chi connectivity index (χ1n) is 11.1. The van der Waals surface area contributed by atoms with E-state index in [0.29, 0.717) is 34.3 Å². The molecule has 0 aliphatic carbocycles. The Morgan fingerprint density at radius 1 is 1.00 bits per heavy atom. The van der Waals surface area contributed by atoms with Gasteiger partial charge in [0.15, 0.2) is 11.5 Å². The van der Waals surface area contributed by atoms with Gasteiger partial charge in [-0.25, -0.2) is 5.43 Å². The van der Waals surface area contributed by atoms with Crippen molar-refractivity contribution in [2.24, 2.45) is 11.0 Å². The molecule has 3 rings (SSSR count). The lowest BCUT2D eigenvalue weighted by Crippen LogP contribution is -2.48. The maximum absolute atomic E-state index is 12.7. The highest BCUT2D eigenvalue weighted by atomic mass is 35.5. The summed E-state index contributed by atoms with van der Waals surface area (Å²) in [4.78, 5) is 25.1. The van der Waals surface area contributed by atoms with Crippen LogP contribution >= 0.6 is 11.6 Å². The zero-order valence-electron chi connectivity index (χ0n) is 19.8. The van der Waals surface area contributed by atoms with Gasteiger partial charge in [0.05, 0.1) is 13.3 Å². The highest BCUT2D eigenvalue weighted by molar-refractivity contribution is 6.31. The number of halogens is 1. The summed E-state index contributed by atoms with van der Waals surface area (Å²) < 4.78 is 11.3. The molecule has 3 aromatic carbocycles. The van der Waals surface area contributed by atoms with Crippen molar-refractivity contribution in [1.29, 1.82) is 0 Å². The maximum atomic E-state index is 12.7. The summed E-state index contributed by atoms with van der Waals surface area (Å²) in [6.07, 6.45) is 1.49. The van der Waals surface area contributed by atoms with Gasteiger partial charge in [0.1, 0.15) is 12.6 Å². The summed E-state index contributed by atoms with van der Waals surface area (Å²) in [5.74, 6) is 0.208. The third kappa shape index (κ3) is 7.32. The van der Waals surface area contributed by atoms with Crippen LogP contribution in [0.25, 0.3) is 0 Å². The van der Waals surface area contributed by atoms with Gasteiger partial charge in [-0.2, -0.15) is 5.10 Å². The van der Waals surface area contributed by atoms with Crippen LogP contribution in [0.1, 0.15) is 35.3 Å². The molecule has 0 fully saturated rings. The Morgan fingerprint density at radius 3 is 2.40 bits per heavy atom. The molecule has 1 atom stereocenters. The van der Waals surface area contributed by atoms with E-state index in [9.17, 15) is 9.59 Å². The van der Waals surface area contributed by atoms with E-state index in [1.165, 1.54) is 6.21 Å². The molecule has 0 radical (unpaired) electrons. The molecule has 0 heterocycles. The molecule has 1 unspecified atom stereocenters. The fourth-order valence-electron chi connectivity index (χ4n) is 3.24. The molecule has 8 heteroatoms. The van der Waals surface area contributed by atoms with Gasteiger partial charge in [0.25, 0.3) is 11.8 Å². The highest BCUT2D eigenvalue weighted by Gasteiger charge is 2.24. The third-order valence-electron chi connectivity index (χ3n) is 5.19. The number of ether oxygens (including phenoxy) is 2. The molecule has 0 spiro atoms. The van der Waals surface area contributed by atoms with Crippen LogP contribution in [-0.2, 0) is 11.4 Å². The minimum absolute atomic E-state index is 0.132. The summed E-state index contributed by atoms with van der Waals surface area (Å²) in [5, 5.41) is 7.44. The zero-order chi connectivity index (χ0) is 25.2. The molecule has 0 aliphatic heterocycles. The molecular formula is C27H28ClN3O4. The van der Waals surface area contributed by atoms with Gasteiger partial charge in [-0.15, -0.1) is 0 Å². The van der Waals surface area contributed by atoms with E-state index in [0.717, 1.165) is 5.56 Å². The van der Waals surface area contributed by atoms with Crippen molar-refractivity contribution >= 4 is 29.6 Å². The summed E-state index contributed by atoms with van der Waals surface area (Å²) in [7, 11) is 1.54. The molecule has 2 N–H and O–H groups in total. The van der Waals surface area contributed by atoms with Crippen molar-refractivity contribution < 1.29 is 19.1 Å². The lowest BCUT2D eigenvalue weighted by Gasteiger charge is -2.20. The van der Waals surface area contributed by atoms with E-state index < -0.39 is 11.9 Å². The van der Waals surface area contributed by atoms with Crippen LogP contribution in [0.4, 0.5) is 0 Å². The van der Waals surface area contributed by atoms with Gasteiger partial charge in [-0.3, -0.25) is 9.59 Å². The number of hydrogen-bond donors (Lipinski definition) is 2. The second-order valence-electron chi connectivity index (χ2n) is 8.09. The smallest absolute Gasteiger partial charge is 0.262 e. The predicted molar refractivity (Wildman–Crippen MR) is 137 cm³/mol. The average molecular weight is 494 g/mol. The van der Waals surface area contributed by atoms with Crippen LogP contribution in [0.15, 0.2) is 77.9 Å². The van der Waals surface area contributed by atoms with Crippen LogP contribution in [0, 0.1) is 5.92 Å². The van der Waals surface area contributed by atoms with Crippen molar-refractivity contribution in [2.45, 2.75) is 26.5 Å². The van der Waals surface area contributed by atoms with Crippen molar-refractivity contribution in [1.82, 2.24) is 10.7 Å². The van der Waals surface area contributed by atoms with Crippen LogP contribution in [-0.4, -0.2) is 31.2 Å². The van der Waals surface area contributed by atoms with E-state index in [-0.39, 0.29) is 11.8 Å². The molecule has 0 bridgehead atoms. The summed E-state index contributed by atoms with van der Waals surface area (Å²) in [5.41, 5.74) is 4.55. The molecule has 35 heavy (non-hydrogen) atoms. The molecule has 182 valence electrons. The number of hydrogen-bond acceptors (Lipinski definition) is 5. The fourth-order valence-corrected chi connectivity index (χ4v) is 3.43. The van der Waals surface area contributed by atoms with E-state index in [1.807, 2.05) is 44.2 Å². The van der Waals surface area contributed by atoms with Crippen LogP contribution in [0.3, 0.4) is 0 Å². The van der Waals surface area contributed by atoms with E-state index in [2.05, 4.69) is 15.8 Å². The Kier molecular flexibility index (Phi) is 9.26. The quantitative estimate of drug-likeness (QED) is 0.312. The van der Waals surface area contributed by atoms with Crippen LogP contribution < -0.4 is 20.2 Å². The minimum atomic E-state index is -0.741. The highest BCUT2D eigenvalue weighted by Crippen LogP contribution is 2.29. The van der Waals surface area contributed by atoms with E-state index in [4.69, 9.17) is 21.1 Å². The topological polar surface area (TPSA) is 89.0 Å². The molecule has 0 aliphatic rings. The number of carbonyl (C=O) groups excluding carboxylic acids is 2. The summed E-state index contributed by atoms with van der Waals surface area (Å²) in [6.45, 7) is 4.00. The second-order valence-corrected chi connectivity index (χ2v) is 8.49. The van der Waals surface area contributed by atoms with Crippen LogP contribution in [0.5, 0.6) is 11.5 Å². The van der Waals surface area contributed by atoms with Crippen molar-refractivity contribution in [3.05, 3.63) is 94.5 Å². The first-order valence-corrected chi connectivity index (χ1v) is 11.5. The molecular weight excluding hydrogens is 466 g/mol. The van der Waals surface area contributed by atoms with Gasteiger partial charge in [-0.05, 0) is 47.9 Å². The number of nitrogens with zero attached hydrogens (tertiary/aromatic N) is 1. The van der Waals surface area contributed by atoms with Gasteiger partial charge < -0.3 is 14.8 Å². The van der Waals surface area contributed by atoms with Crippen molar-refractivity contribution in [2.75, 3.05) is 7.11 Å². The minimum Gasteiger partial charge on any atom is -0.493 e. The summed E-state index contributed by atoms with van der Waals surface area (Å²) >= 11 is 6.19. The number of rotatable bonds is 10. The van der Waals surface area contributed by atoms with Crippen LogP contribution in [0.2, 0.25) is 5.02 Å². The molecule has 3 aromatic rings. The third-order valence-corrected chi connectivity index (χ3v) is 5.56. The Morgan fingerprint density at radius 2 is 1.71 bits per heavy atom. The van der Waals surface area contributed by atoms with Gasteiger partial charge in [0.2, 0.25) is 0 Å². The SMILES string of the molecule is COc1cc(/C=N/NC(=O)C(NC(=O)c2ccccc2)C(C)C)ccc1OCc1ccccc1Cl. The Labute approximate surface area is 210 Å². The monoisotopic (exact) mass is 493 g/mol. The lowest BCUT2D eigenvalue weighted by atomic mass is 10.0. The standard InChI is InChI=1S/C27H28ClN3O4/c1-18(2)25(30-26(32)20-9-5-4-6-10-20)27(33)31-29-16-19-13-14-23(24(15-19)34-3)35-17-21-11-7-8-12-22(21)28/h4-16,18,25H,17H2,1-3H3,(H,30,32)(H,31,33)/b29-16+. The van der Waals surface area contributed by atoms with Gasteiger partial charge in [-0.1, -0.05) is 61.8 Å². The number of carbonyl (C=O) groups is 2. The molecule has 7 nitrogen and oxygen atoms in total. The number of nitrogens with one attached hydrogen (secondary N) is 2. The maximum Gasteiger partial charge on any atom is 0.262 e. The molecule has 0 saturated carbocycles. The lowest BCUT2D eigenvalue weighted by molar-refractivity contribution is -0.123. The first kappa shape index (κ1) is 25.8. The number of amides is 2. The van der Waals surface area contributed by atoms with E-state index >= 15 is 0 Å². The number of methoxy groups -OCH3 is 1. The second kappa shape index (κ2) is 12.6.